The van der Waals surface area contributed by atoms with Crippen molar-refractivity contribution in [2.24, 2.45) is 11.8 Å². The van der Waals surface area contributed by atoms with Crippen LogP contribution in [0.4, 0.5) is 8.78 Å². The molecule has 1 aromatic carbocycles. The van der Waals surface area contributed by atoms with Crippen molar-refractivity contribution in [3.05, 3.63) is 47.6 Å². The van der Waals surface area contributed by atoms with E-state index in [1.54, 1.807) is 13.0 Å². The van der Waals surface area contributed by atoms with E-state index in [1.165, 1.54) is 6.07 Å². The Kier molecular flexibility index (Phi) is 9.46. The van der Waals surface area contributed by atoms with Gasteiger partial charge in [-0.1, -0.05) is 18.2 Å². The number of benzene rings is 1. The number of hydrogen-bond acceptors (Lipinski definition) is 5. The molecule has 188 valence electrons. The molecule has 1 aromatic rings. The quantitative estimate of drug-likeness (QED) is 0.391. The minimum atomic E-state index is -0.913. The van der Waals surface area contributed by atoms with Gasteiger partial charge in [0.15, 0.2) is 17.9 Å². The first-order valence-electron chi connectivity index (χ1n) is 12.5. The molecular formula is C27H36F2O4S. The van der Waals surface area contributed by atoms with E-state index in [-0.39, 0.29) is 18.0 Å². The van der Waals surface area contributed by atoms with E-state index >= 15 is 0 Å². The molecule has 3 atom stereocenters. The summed E-state index contributed by atoms with van der Waals surface area (Å²) in [5.74, 6) is -0.102. The standard InChI is InChI=1S/C27H36F2O4S/c1-3-5-14-31-21-10-13-24(34-17-21)20-15-32-27(33-16-20)19-8-6-18(7-9-19)22-11-12-23(30-4-2)26(29)25(22)28/h3,5-6,11-12,19-21,24,27H,4,7-10,13-17H2,1-2H3/t19?,20?,21?,24-,27?/m0/s1. The lowest BCUT2D eigenvalue weighted by molar-refractivity contribution is -0.225. The fraction of sp³-hybridized carbons (Fsp3) is 0.630. The molecule has 2 saturated heterocycles. The highest BCUT2D eigenvalue weighted by Crippen LogP contribution is 2.39. The molecule has 0 bridgehead atoms. The molecule has 7 heteroatoms. The molecule has 2 unspecified atom stereocenters. The molecular weight excluding hydrogens is 458 g/mol. The molecule has 0 amide bonds. The molecule has 1 aliphatic carbocycles. The molecule has 0 N–H and O–H groups in total. The van der Waals surface area contributed by atoms with Crippen molar-refractivity contribution in [3.8, 4) is 5.75 Å². The highest BCUT2D eigenvalue weighted by atomic mass is 32.2. The minimum Gasteiger partial charge on any atom is -0.491 e. The topological polar surface area (TPSA) is 36.9 Å². The van der Waals surface area contributed by atoms with Crippen LogP contribution in [0.25, 0.3) is 5.57 Å². The van der Waals surface area contributed by atoms with Crippen LogP contribution in [0, 0.1) is 23.5 Å². The Hall–Kier alpha value is -1.41. The molecule has 4 nitrogen and oxygen atoms in total. The third kappa shape index (κ3) is 6.23. The summed E-state index contributed by atoms with van der Waals surface area (Å²) in [4.78, 5) is 0. The summed E-state index contributed by atoms with van der Waals surface area (Å²) in [5, 5.41) is 0.554. The maximum atomic E-state index is 14.6. The zero-order valence-electron chi connectivity index (χ0n) is 20.1. The molecule has 4 rings (SSSR count). The van der Waals surface area contributed by atoms with Crippen LogP contribution in [-0.2, 0) is 14.2 Å². The van der Waals surface area contributed by atoms with Crippen molar-refractivity contribution in [2.75, 3.05) is 32.2 Å². The van der Waals surface area contributed by atoms with E-state index in [0.29, 0.717) is 42.5 Å². The first-order chi connectivity index (χ1) is 16.6. The molecule has 0 spiro atoms. The van der Waals surface area contributed by atoms with Crippen molar-refractivity contribution in [1.29, 1.82) is 0 Å². The van der Waals surface area contributed by atoms with Crippen molar-refractivity contribution in [2.45, 2.75) is 63.6 Å². The highest BCUT2D eigenvalue weighted by molar-refractivity contribution is 8.00. The molecule has 0 radical (unpaired) electrons. The van der Waals surface area contributed by atoms with E-state index in [4.69, 9.17) is 18.9 Å². The second-order valence-electron chi connectivity index (χ2n) is 9.20. The zero-order valence-corrected chi connectivity index (χ0v) is 21.0. The fourth-order valence-corrected chi connectivity index (χ4v) is 6.41. The average Bonchev–Trinajstić information content (AvgIpc) is 2.88. The third-order valence-electron chi connectivity index (χ3n) is 6.94. The smallest absolute Gasteiger partial charge is 0.201 e. The van der Waals surface area contributed by atoms with E-state index in [2.05, 4.69) is 6.08 Å². The Labute approximate surface area is 206 Å². The third-order valence-corrected chi connectivity index (χ3v) is 8.55. The lowest BCUT2D eigenvalue weighted by Gasteiger charge is -2.39. The first-order valence-corrected chi connectivity index (χ1v) is 13.5. The molecule has 0 aromatic heterocycles. The van der Waals surface area contributed by atoms with Gasteiger partial charge in [-0.3, -0.25) is 0 Å². The molecule has 2 aliphatic heterocycles. The summed E-state index contributed by atoms with van der Waals surface area (Å²) in [6.45, 7) is 6.20. The van der Waals surface area contributed by atoms with Crippen LogP contribution in [0.3, 0.4) is 0 Å². The van der Waals surface area contributed by atoms with Gasteiger partial charge in [0.1, 0.15) is 0 Å². The largest absolute Gasteiger partial charge is 0.491 e. The normalized spacial score (nSPS) is 30.4. The SMILES string of the molecule is CC=CCOC1CC[C@@H](C2COC(C3CC=C(c4ccc(OCC)c(F)c4F)CC3)OC2)SC1. The van der Waals surface area contributed by atoms with E-state index in [9.17, 15) is 8.78 Å². The van der Waals surface area contributed by atoms with Crippen LogP contribution in [0.2, 0.25) is 0 Å². The first kappa shape index (κ1) is 25.7. The Balaban J connectivity index is 1.24. The predicted molar refractivity (Wildman–Crippen MR) is 132 cm³/mol. The molecule has 3 aliphatic rings. The van der Waals surface area contributed by atoms with Crippen LogP contribution >= 0.6 is 11.8 Å². The summed E-state index contributed by atoms with van der Waals surface area (Å²) < 4.78 is 52.2. The minimum absolute atomic E-state index is 0.0376. The van der Waals surface area contributed by atoms with Crippen LogP contribution in [-0.4, -0.2) is 49.8 Å². The van der Waals surface area contributed by atoms with Crippen molar-refractivity contribution >= 4 is 17.3 Å². The maximum absolute atomic E-state index is 14.6. The monoisotopic (exact) mass is 494 g/mol. The number of halogens is 2. The number of ether oxygens (including phenoxy) is 4. The summed E-state index contributed by atoms with van der Waals surface area (Å²) in [7, 11) is 0. The van der Waals surface area contributed by atoms with Crippen molar-refractivity contribution in [3.63, 3.8) is 0 Å². The summed E-state index contributed by atoms with van der Waals surface area (Å²) in [6, 6.07) is 3.13. The number of rotatable bonds is 8. The highest BCUT2D eigenvalue weighted by Gasteiger charge is 2.36. The molecule has 0 saturated carbocycles. The van der Waals surface area contributed by atoms with Gasteiger partial charge in [-0.15, -0.1) is 0 Å². The van der Waals surface area contributed by atoms with Gasteiger partial charge >= 0.3 is 0 Å². The maximum Gasteiger partial charge on any atom is 0.201 e. The van der Waals surface area contributed by atoms with Crippen molar-refractivity contribution < 1.29 is 27.7 Å². The predicted octanol–water partition coefficient (Wildman–Crippen LogP) is 6.39. The number of hydrogen-bond donors (Lipinski definition) is 0. The molecule has 2 fully saturated rings. The summed E-state index contributed by atoms with van der Waals surface area (Å²) >= 11 is 1.98. The summed E-state index contributed by atoms with van der Waals surface area (Å²) in [6.07, 6.45) is 10.7. The van der Waals surface area contributed by atoms with Crippen LogP contribution in [0.15, 0.2) is 30.4 Å². The van der Waals surface area contributed by atoms with Gasteiger partial charge in [0, 0.05) is 28.4 Å². The Morgan fingerprint density at radius 1 is 1.09 bits per heavy atom. The summed E-state index contributed by atoms with van der Waals surface area (Å²) in [5.41, 5.74) is 1.17. The molecule has 34 heavy (non-hydrogen) atoms. The van der Waals surface area contributed by atoms with Gasteiger partial charge in [0.2, 0.25) is 5.82 Å². The van der Waals surface area contributed by atoms with Crippen LogP contribution in [0.5, 0.6) is 5.75 Å². The number of thioether (sulfide) groups is 1. The Bertz CT molecular complexity index is 858. The Morgan fingerprint density at radius 2 is 1.91 bits per heavy atom. The molecule has 2 heterocycles. The van der Waals surface area contributed by atoms with Crippen LogP contribution < -0.4 is 4.74 Å². The lowest BCUT2D eigenvalue weighted by Crippen LogP contribution is -2.42. The zero-order chi connectivity index (χ0) is 23.9. The van der Waals surface area contributed by atoms with Crippen LogP contribution in [0.1, 0.15) is 51.5 Å². The van der Waals surface area contributed by atoms with Gasteiger partial charge in [-0.2, -0.15) is 16.2 Å². The van der Waals surface area contributed by atoms with Gasteiger partial charge in [-0.25, -0.2) is 4.39 Å². The average molecular weight is 495 g/mol. The number of allylic oxidation sites excluding steroid dienone is 3. The van der Waals surface area contributed by atoms with E-state index in [1.807, 2.05) is 30.8 Å². The van der Waals surface area contributed by atoms with Gasteiger partial charge in [0.05, 0.1) is 32.5 Å². The second kappa shape index (κ2) is 12.5. The fourth-order valence-electron chi connectivity index (χ4n) is 4.95. The van der Waals surface area contributed by atoms with E-state index < -0.39 is 11.6 Å². The lowest BCUT2D eigenvalue weighted by atomic mass is 9.85. The Morgan fingerprint density at radius 3 is 2.56 bits per heavy atom. The van der Waals surface area contributed by atoms with E-state index in [0.717, 1.165) is 50.2 Å². The van der Waals surface area contributed by atoms with Gasteiger partial charge in [-0.05, 0) is 63.7 Å². The van der Waals surface area contributed by atoms with Crippen molar-refractivity contribution in [1.82, 2.24) is 0 Å². The second-order valence-corrected chi connectivity index (χ2v) is 10.5. The van der Waals surface area contributed by atoms with Gasteiger partial charge in [0.25, 0.3) is 0 Å². The van der Waals surface area contributed by atoms with Gasteiger partial charge < -0.3 is 18.9 Å².